The van der Waals surface area contributed by atoms with Crippen molar-refractivity contribution in [2.75, 3.05) is 25.0 Å². The van der Waals surface area contributed by atoms with E-state index in [2.05, 4.69) is 22.5 Å². The van der Waals surface area contributed by atoms with Crippen LogP contribution >= 0.6 is 0 Å². The Labute approximate surface area is 150 Å². The van der Waals surface area contributed by atoms with Crippen molar-refractivity contribution in [3.8, 4) is 0 Å². The predicted molar refractivity (Wildman–Crippen MR) is 103 cm³/mol. The minimum absolute atomic E-state index is 0.00738. The molecule has 0 spiro atoms. The number of nitrogens with zero attached hydrogens (tertiary/aromatic N) is 1. The first-order valence-electron chi connectivity index (χ1n) is 9.20. The van der Waals surface area contributed by atoms with Crippen molar-refractivity contribution in [1.82, 2.24) is 10.2 Å². The first-order chi connectivity index (χ1) is 12.3. The number of rotatable bonds is 6. The third-order valence-electron chi connectivity index (χ3n) is 4.69. The summed E-state index contributed by atoms with van der Waals surface area (Å²) in [5.41, 5.74) is 2.52. The molecule has 25 heavy (non-hydrogen) atoms. The second-order valence-electron chi connectivity index (χ2n) is 6.63. The molecule has 0 bridgehead atoms. The Morgan fingerprint density at radius 2 is 1.72 bits per heavy atom. The van der Waals surface area contributed by atoms with E-state index in [4.69, 9.17) is 0 Å². The quantitative estimate of drug-likeness (QED) is 0.836. The van der Waals surface area contributed by atoms with Crippen LogP contribution in [0.5, 0.6) is 0 Å². The summed E-state index contributed by atoms with van der Waals surface area (Å²) in [6.07, 6.45) is 3.25. The zero-order valence-corrected chi connectivity index (χ0v) is 14.9. The summed E-state index contributed by atoms with van der Waals surface area (Å²) in [5, 5.41) is 6.56. The van der Waals surface area contributed by atoms with E-state index in [-0.39, 0.29) is 11.9 Å². The van der Waals surface area contributed by atoms with Gasteiger partial charge in [-0.15, -0.1) is 0 Å². The zero-order chi connectivity index (χ0) is 17.5. The van der Waals surface area contributed by atoms with Gasteiger partial charge in [0.05, 0.1) is 11.3 Å². The molecule has 2 aromatic carbocycles. The molecule has 2 N–H and O–H groups in total. The fraction of sp³-hybridized carbons (Fsp3) is 0.381. The van der Waals surface area contributed by atoms with Crippen LogP contribution in [-0.2, 0) is 0 Å². The first-order valence-corrected chi connectivity index (χ1v) is 9.20. The second-order valence-corrected chi connectivity index (χ2v) is 6.63. The SMILES string of the molecule is CCCN1CCC(NC(=O)c2ccccc2Nc2ccccc2)CC1. The standard InChI is InChI=1S/C21H27N3O/c1-2-14-24-15-12-18(13-16-24)23-21(25)19-10-6-7-11-20(19)22-17-8-4-3-5-9-17/h3-11,18,22H,2,12-16H2,1H3,(H,23,25). The lowest BCUT2D eigenvalue weighted by atomic mass is 10.0. The maximum absolute atomic E-state index is 12.8. The topological polar surface area (TPSA) is 44.4 Å². The van der Waals surface area contributed by atoms with Gasteiger partial charge >= 0.3 is 0 Å². The van der Waals surface area contributed by atoms with Gasteiger partial charge in [0.1, 0.15) is 0 Å². The fourth-order valence-corrected chi connectivity index (χ4v) is 3.35. The molecule has 4 nitrogen and oxygen atoms in total. The van der Waals surface area contributed by atoms with Gasteiger partial charge in [-0.1, -0.05) is 37.3 Å². The zero-order valence-electron chi connectivity index (χ0n) is 14.9. The van der Waals surface area contributed by atoms with Crippen molar-refractivity contribution in [1.29, 1.82) is 0 Å². The van der Waals surface area contributed by atoms with Crippen molar-refractivity contribution < 1.29 is 4.79 Å². The molecular weight excluding hydrogens is 310 g/mol. The third-order valence-corrected chi connectivity index (χ3v) is 4.69. The molecule has 1 heterocycles. The average molecular weight is 337 g/mol. The maximum atomic E-state index is 12.8. The molecule has 0 unspecified atom stereocenters. The molecule has 2 aromatic rings. The van der Waals surface area contributed by atoms with E-state index in [0.29, 0.717) is 5.56 Å². The molecule has 1 amide bonds. The van der Waals surface area contributed by atoms with Crippen molar-refractivity contribution in [2.24, 2.45) is 0 Å². The molecule has 0 saturated carbocycles. The van der Waals surface area contributed by atoms with Gasteiger partial charge in [-0.05, 0) is 50.1 Å². The Hall–Kier alpha value is -2.33. The van der Waals surface area contributed by atoms with Gasteiger partial charge in [0, 0.05) is 24.8 Å². The van der Waals surface area contributed by atoms with Gasteiger partial charge in [-0.3, -0.25) is 4.79 Å². The highest BCUT2D eigenvalue weighted by Gasteiger charge is 2.21. The van der Waals surface area contributed by atoms with Crippen molar-refractivity contribution in [3.63, 3.8) is 0 Å². The van der Waals surface area contributed by atoms with Gasteiger partial charge in [0.15, 0.2) is 0 Å². The van der Waals surface area contributed by atoms with Gasteiger partial charge in [0.25, 0.3) is 5.91 Å². The lowest BCUT2D eigenvalue weighted by Crippen LogP contribution is -2.44. The Bertz CT molecular complexity index is 679. The number of carbonyl (C=O) groups excluding carboxylic acids is 1. The highest BCUT2D eigenvalue weighted by Crippen LogP contribution is 2.21. The summed E-state index contributed by atoms with van der Waals surface area (Å²) in [4.78, 5) is 15.2. The number of hydrogen-bond acceptors (Lipinski definition) is 3. The number of hydrogen-bond donors (Lipinski definition) is 2. The van der Waals surface area contributed by atoms with Gasteiger partial charge < -0.3 is 15.5 Å². The van der Waals surface area contributed by atoms with E-state index in [1.54, 1.807) is 0 Å². The predicted octanol–water partition coefficient (Wildman–Crippen LogP) is 4.03. The van der Waals surface area contributed by atoms with Gasteiger partial charge in [-0.25, -0.2) is 0 Å². The summed E-state index contributed by atoms with van der Waals surface area (Å²) >= 11 is 0. The van der Waals surface area contributed by atoms with E-state index >= 15 is 0 Å². The lowest BCUT2D eigenvalue weighted by Gasteiger charge is -2.32. The molecule has 0 aromatic heterocycles. The average Bonchev–Trinajstić information content (AvgIpc) is 2.65. The minimum Gasteiger partial charge on any atom is -0.355 e. The number of benzene rings is 2. The van der Waals surface area contributed by atoms with Crippen LogP contribution in [0.3, 0.4) is 0 Å². The normalized spacial score (nSPS) is 15.7. The van der Waals surface area contributed by atoms with Crippen molar-refractivity contribution in [2.45, 2.75) is 32.2 Å². The third kappa shape index (κ3) is 4.83. The smallest absolute Gasteiger partial charge is 0.253 e. The number of likely N-dealkylation sites (tertiary alicyclic amines) is 1. The summed E-state index contributed by atoms with van der Waals surface area (Å²) in [6.45, 7) is 5.51. The molecule has 1 saturated heterocycles. The molecule has 1 aliphatic rings. The van der Waals surface area contributed by atoms with Crippen LogP contribution < -0.4 is 10.6 Å². The number of anilines is 2. The van der Waals surface area contributed by atoms with Crippen LogP contribution in [0.15, 0.2) is 54.6 Å². The van der Waals surface area contributed by atoms with E-state index in [0.717, 1.165) is 43.9 Å². The molecule has 132 valence electrons. The van der Waals surface area contributed by atoms with Crippen LogP contribution in [-0.4, -0.2) is 36.5 Å². The summed E-state index contributed by atoms with van der Waals surface area (Å²) < 4.78 is 0. The molecular formula is C21H27N3O. The number of amides is 1. The van der Waals surface area contributed by atoms with Crippen LogP contribution in [0.2, 0.25) is 0 Å². The molecule has 0 aliphatic carbocycles. The first kappa shape index (κ1) is 17.5. The van der Waals surface area contributed by atoms with Crippen LogP contribution in [0, 0.1) is 0 Å². The Balaban J connectivity index is 1.63. The summed E-state index contributed by atoms with van der Waals surface area (Å²) in [6, 6.07) is 17.9. The van der Waals surface area contributed by atoms with Crippen LogP contribution in [0.4, 0.5) is 11.4 Å². The monoisotopic (exact) mass is 337 g/mol. The molecule has 0 radical (unpaired) electrons. The number of carbonyl (C=O) groups is 1. The van der Waals surface area contributed by atoms with E-state index < -0.39 is 0 Å². The van der Waals surface area contributed by atoms with E-state index in [1.165, 1.54) is 6.42 Å². The largest absolute Gasteiger partial charge is 0.355 e. The van der Waals surface area contributed by atoms with Crippen LogP contribution in [0.25, 0.3) is 0 Å². The fourth-order valence-electron chi connectivity index (χ4n) is 3.35. The maximum Gasteiger partial charge on any atom is 0.253 e. The number of piperidine rings is 1. The second kappa shape index (κ2) is 8.67. The Morgan fingerprint density at radius 1 is 1.04 bits per heavy atom. The molecule has 3 rings (SSSR count). The van der Waals surface area contributed by atoms with Gasteiger partial charge in [0.2, 0.25) is 0 Å². The molecule has 1 fully saturated rings. The molecule has 1 aliphatic heterocycles. The van der Waals surface area contributed by atoms with E-state index in [1.807, 2.05) is 54.6 Å². The highest BCUT2D eigenvalue weighted by atomic mass is 16.1. The van der Waals surface area contributed by atoms with Gasteiger partial charge in [-0.2, -0.15) is 0 Å². The lowest BCUT2D eigenvalue weighted by molar-refractivity contribution is 0.0912. The van der Waals surface area contributed by atoms with Crippen molar-refractivity contribution >= 4 is 17.3 Å². The number of nitrogens with one attached hydrogen (secondary N) is 2. The number of para-hydroxylation sites is 2. The highest BCUT2D eigenvalue weighted by molar-refractivity contribution is 6.00. The van der Waals surface area contributed by atoms with Crippen molar-refractivity contribution in [3.05, 3.63) is 60.2 Å². The summed E-state index contributed by atoms with van der Waals surface area (Å²) in [7, 11) is 0. The Morgan fingerprint density at radius 3 is 2.44 bits per heavy atom. The van der Waals surface area contributed by atoms with E-state index in [9.17, 15) is 4.79 Å². The molecule has 4 heteroatoms. The van der Waals surface area contributed by atoms with Crippen LogP contribution in [0.1, 0.15) is 36.5 Å². The molecule has 0 atom stereocenters. The summed E-state index contributed by atoms with van der Waals surface area (Å²) in [5.74, 6) is 0.00738. The Kier molecular flexibility index (Phi) is 6.07. The minimum atomic E-state index is 0.00738.